The van der Waals surface area contributed by atoms with Gasteiger partial charge in [0.25, 0.3) is 11.8 Å². The van der Waals surface area contributed by atoms with Gasteiger partial charge in [-0.05, 0) is 96.7 Å². The first-order chi connectivity index (χ1) is 19.6. The first-order valence-corrected chi connectivity index (χ1v) is 15.6. The summed E-state index contributed by atoms with van der Waals surface area (Å²) in [6.07, 6.45) is 4.77. The number of hydrogen-bond acceptors (Lipinski definition) is 6. The average molecular weight is 571 g/mol. The molecule has 0 bridgehead atoms. The smallest absolute Gasteiger partial charge is 0.251 e. The monoisotopic (exact) mass is 570 g/mol. The Hall–Kier alpha value is -4.16. The van der Waals surface area contributed by atoms with E-state index in [0.717, 1.165) is 5.69 Å². The normalized spacial score (nSPS) is 15.5. The fourth-order valence-corrected chi connectivity index (χ4v) is 6.01. The quantitative estimate of drug-likeness (QED) is 0.313. The van der Waals surface area contributed by atoms with Crippen molar-refractivity contribution >= 4 is 33.0 Å². The molecule has 5 rings (SSSR count). The van der Waals surface area contributed by atoms with Gasteiger partial charge in [-0.1, -0.05) is 25.1 Å². The molecule has 0 unspecified atom stereocenters. The van der Waals surface area contributed by atoms with Crippen LogP contribution in [0.1, 0.15) is 94.3 Å². The van der Waals surface area contributed by atoms with Gasteiger partial charge >= 0.3 is 0 Å². The van der Waals surface area contributed by atoms with Crippen LogP contribution in [0, 0.1) is 11.3 Å². The van der Waals surface area contributed by atoms with E-state index in [1.54, 1.807) is 31.2 Å². The van der Waals surface area contributed by atoms with E-state index in [2.05, 4.69) is 29.6 Å². The number of amides is 2. The van der Waals surface area contributed by atoms with Crippen LogP contribution in [0.25, 0.3) is 0 Å². The van der Waals surface area contributed by atoms with Crippen LogP contribution in [0.5, 0.6) is 0 Å². The molecule has 0 radical (unpaired) electrons. The fourth-order valence-electron chi connectivity index (χ4n) is 5.12. The zero-order valence-corrected chi connectivity index (χ0v) is 24.1. The minimum atomic E-state index is -3.37. The molecule has 0 aliphatic heterocycles. The van der Waals surface area contributed by atoms with Crippen LogP contribution in [0.4, 0.5) is 11.4 Å². The molecule has 8 nitrogen and oxygen atoms in total. The lowest BCUT2D eigenvalue weighted by Crippen LogP contribution is -2.29. The highest BCUT2D eigenvalue weighted by molar-refractivity contribution is 7.91. The molecule has 3 N–H and O–H groups in total. The maximum Gasteiger partial charge on any atom is 0.251 e. The van der Waals surface area contributed by atoms with Gasteiger partial charge < -0.3 is 16.0 Å². The molecule has 212 valence electrons. The molecule has 3 aromatic carbocycles. The highest BCUT2D eigenvalue weighted by atomic mass is 32.2. The summed E-state index contributed by atoms with van der Waals surface area (Å²) in [5.74, 6) is 0.0425. The molecule has 2 amide bonds. The zero-order valence-electron chi connectivity index (χ0n) is 23.3. The molecule has 9 heteroatoms. The number of nitrogens with zero attached hydrogens (tertiary/aromatic N) is 2. The van der Waals surface area contributed by atoms with Crippen molar-refractivity contribution in [1.29, 1.82) is 5.26 Å². The first kappa shape index (κ1) is 28.4. The van der Waals surface area contributed by atoms with Crippen molar-refractivity contribution in [3.05, 3.63) is 88.5 Å². The molecule has 3 aromatic rings. The molecule has 2 saturated carbocycles. The van der Waals surface area contributed by atoms with Crippen molar-refractivity contribution in [2.45, 2.75) is 61.8 Å². The number of anilines is 2. The zero-order chi connectivity index (χ0) is 29.3. The molecule has 1 atom stereocenters. The van der Waals surface area contributed by atoms with Crippen LogP contribution in [0.15, 0.2) is 65.6 Å². The van der Waals surface area contributed by atoms with Gasteiger partial charge in [0.05, 0.1) is 40.4 Å². The van der Waals surface area contributed by atoms with Gasteiger partial charge in [0.15, 0.2) is 9.84 Å². The van der Waals surface area contributed by atoms with E-state index < -0.39 is 27.7 Å². The van der Waals surface area contributed by atoms with Gasteiger partial charge in [-0.3, -0.25) is 9.59 Å². The van der Waals surface area contributed by atoms with Crippen molar-refractivity contribution in [3.63, 3.8) is 0 Å². The molecule has 2 fully saturated rings. The summed E-state index contributed by atoms with van der Waals surface area (Å²) < 4.78 is 24.3. The third-order valence-corrected chi connectivity index (χ3v) is 9.71. The number of sulfone groups is 1. The lowest BCUT2D eigenvalue weighted by atomic mass is 10.0. The Kier molecular flexibility index (Phi) is 7.87. The summed E-state index contributed by atoms with van der Waals surface area (Å²) in [6.45, 7) is 1.57. The fraction of sp³-hybridized carbons (Fsp3) is 0.344. The summed E-state index contributed by atoms with van der Waals surface area (Å²) >= 11 is 0. The molecule has 2 aliphatic rings. The predicted molar refractivity (Wildman–Crippen MR) is 158 cm³/mol. The van der Waals surface area contributed by atoms with Crippen LogP contribution in [-0.2, 0) is 9.84 Å². The molecule has 41 heavy (non-hydrogen) atoms. The van der Waals surface area contributed by atoms with E-state index in [9.17, 15) is 23.3 Å². The number of rotatable bonds is 11. The summed E-state index contributed by atoms with van der Waals surface area (Å²) in [7, 11) is -1.47. The topological polar surface area (TPSA) is 133 Å². The van der Waals surface area contributed by atoms with Crippen molar-refractivity contribution in [2.75, 3.05) is 17.7 Å². The summed E-state index contributed by atoms with van der Waals surface area (Å²) in [5.41, 5.74) is 11.1. The minimum Gasteiger partial charge on any atom is -0.366 e. The molecule has 0 heterocycles. The van der Waals surface area contributed by atoms with Gasteiger partial charge in [0.1, 0.15) is 0 Å². The summed E-state index contributed by atoms with van der Waals surface area (Å²) in [4.78, 5) is 28.0. The van der Waals surface area contributed by atoms with E-state index in [-0.39, 0.29) is 28.2 Å². The van der Waals surface area contributed by atoms with Crippen LogP contribution in [0.3, 0.4) is 0 Å². The van der Waals surface area contributed by atoms with Crippen molar-refractivity contribution in [1.82, 2.24) is 5.32 Å². The van der Waals surface area contributed by atoms with Crippen LogP contribution < -0.4 is 16.0 Å². The second-order valence-electron chi connectivity index (χ2n) is 10.9. The first-order valence-electron chi connectivity index (χ1n) is 13.9. The van der Waals surface area contributed by atoms with Gasteiger partial charge in [-0.15, -0.1) is 0 Å². The van der Waals surface area contributed by atoms with E-state index >= 15 is 0 Å². The van der Waals surface area contributed by atoms with E-state index in [4.69, 9.17) is 5.73 Å². The van der Waals surface area contributed by atoms with Crippen molar-refractivity contribution in [2.24, 2.45) is 5.73 Å². The van der Waals surface area contributed by atoms with Gasteiger partial charge in [-0.2, -0.15) is 5.26 Å². The summed E-state index contributed by atoms with van der Waals surface area (Å²) in [5, 5.41) is 12.2. The highest BCUT2D eigenvalue weighted by Crippen LogP contribution is 2.47. The van der Waals surface area contributed by atoms with Crippen LogP contribution >= 0.6 is 0 Å². The standard InChI is InChI=1S/C32H34N4O4S/c1-3-41(39,40)27-11-8-22(9-12-27)29(14-15-33)35-32(38)23-10-13-30(28(19-23)31(34)37)36(2)26-17-24(20-4-5-20)16-25(18-26)21-6-7-21/h8-13,16-21,29H,3-7,14H2,1-2H3,(H2,34,37)(H,35,38)/t29-/m0/s1. The van der Waals surface area contributed by atoms with Gasteiger partial charge in [0, 0.05) is 18.3 Å². The molecule has 0 spiro atoms. The van der Waals surface area contributed by atoms with E-state index in [1.807, 2.05) is 11.9 Å². The Balaban J connectivity index is 1.40. The largest absolute Gasteiger partial charge is 0.366 e. The number of nitriles is 1. The number of primary amides is 1. The van der Waals surface area contributed by atoms with Crippen LogP contribution in [0.2, 0.25) is 0 Å². The van der Waals surface area contributed by atoms with Gasteiger partial charge in [-0.25, -0.2) is 8.42 Å². The van der Waals surface area contributed by atoms with Crippen molar-refractivity contribution < 1.29 is 18.0 Å². The Morgan fingerprint density at radius 3 is 2.12 bits per heavy atom. The third kappa shape index (κ3) is 6.28. The molecular formula is C32H34N4O4S. The predicted octanol–water partition coefficient (Wildman–Crippen LogP) is 5.49. The number of hydrogen-bond donors (Lipinski definition) is 2. The second kappa shape index (κ2) is 11.4. The number of nitrogens with two attached hydrogens (primary N) is 1. The Morgan fingerprint density at radius 2 is 1.61 bits per heavy atom. The highest BCUT2D eigenvalue weighted by Gasteiger charge is 2.29. The Bertz CT molecular complexity index is 1600. The van der Waals surface area contributed by atoms with Crippen molar-refractivity contribution in [3.8, 4) is 6.07 Å². The minimum absolute atomic E-state index is 0.0181. The van der Waals surface area contributed by atoms with E-state index in [0.29, 0.717) is 23.1 Å². The lowest BCUT2D eigenvalue weighted by Gasteiger charge is -2.24. The SMILES string of the molecule is CCS(=O)(=O)c1ccc([C@H](CC#N)NC(=O)c2ccc(N(C)c3cc(C4CC4)cc(C4CC4)c3)c(C(N)=O)c2)cc1. The molecular weight excluding hydrogens is 536 g/mol. The Labute approximate surface area is 241 Å². The second-order valence-corrected chi connectivity index (χ2v) is 13.2. The number of nitrogens with one attached hydrogen (secondary N) is 1. The van der Waals surface area contributed by atoms with Crippen LogP contribution in [-0.4, -0.2) is 33.0 Å². The third-order valence-electron chi connectivity index (χ3n) is 7.96. The average Bonchev–Trinajstić information content (AvgIpc) is 3.89. The maximum absolute atomic E-state index is 13.3. The summed E-state index contributed by atoms with van der Waals surface area (Å²) in [6, 6.07) is 19.1. The lowest BCUT2D eigenvalue weighted by molar-refractivity contribution is 0.0937. The Morgan fingerprint density at radius 1 is 1.00 bits per heavy atom. The van der Waals surface area contributed by atoms with E-state index in [1.165, 1.54) is 55.0 Å². The van der Waals surface area contributed by atoms with Gasteiger partial charge in [0.2, 0.25) is 0 Å². The number of carbonyl (C=O) groups is 2. The number of carbonyl (C=O) groups excluding carboxylic acids is 2. The molecule has 0 aromatic heterocycles. The molecule has 0 saturated heterocycles. The molecule has 2 aliphatic carbocycles. The number of benzene rings is 3. The maximum atomic E-state index is 13.3.